The van der Waals surface area contributed by atoms with Gasteiger partial charge in [0.2, 0.25) is 5.82 Å². The van der Waals surface area contributed by atoms with Gasteiger partial charge in [-0.15, -0.1) is 4.98 Å². The van der Waals surface area contributed by atoms with Gasteiger partial charge in [-0.2, -0.15) is 5.26 Å². The highest BCUT2D eigenvalue weighted by atomic mass is 32.2. The fourth-order valence-electron chi connectivity index (χ4n) is 4.52. The number of hydrogen-bond donors (Lipinski definition) is 2. The summed E-state index contributed by atoms with van der Waals surface area (Å²) >= 11 is 0. The number of benzene rings is 1. The maximum absolute atomic E-state index is 12.5. The molecule has 2 aromatic rings. The van der Waals surface area contributed by atoms with Crippen LogP contribution in [0.5, 0.6) is 0 Å². The second kappa shape index (κ2) is 7.33. The zero-order chi connectivity index (χ0) is 20.8. The molecule has 3 aliphatic rings. The number of aryl methyl sites for hydroxylation is 1. The van der Waals surface area contributed by atoms with Crippen molar-refractivity contribution < 1.29 is 14.3 Å². The molecule has 1 aliphatic carbocycles. The van der Waals surface area contributed by atoms with Gasteiger partial charge in [0, 0.05) is 12.2 Å². The molecule has 3 heterocycles. The lowest BCUT2D eigenvalue weighted by atomic mass is 9.74. The van der Waals surface area contributed by atoms with Gasteiger partial charge < -0.3 is 10.4 Å². The Labute approximate surface area is 178 Å². The van der Waals surface area contributed by atoms with Gasteiger partial charge in [0.15, 0.2) is 0 Å². The zero-order valence-electron chi connectivity index (χ0n) is 16.9. The Morgan fingerprint density at radius 1 is 1.23 bits per heavy atom. The lowest BCUT2D eigenvalue weighted by Crippen LogP contribution is -2.45. The number of fused-ring (bicyclic) bond motifs is 1. The zero-order valence-corrected chi connectivity index (χ0v) is 17.7. The van der Waals surface area contributed by atoms with Gasteiger partial charge in [-0.05, 0) is 31.2 Å². The molecule has 2 aliphatic heterocycles. The van der Waals surface area contributed by atoms with Crippen LogP contribution in [0.1, 0.15) is 36.9 Å². The Kier molecular flexibility index (Phi) is 4.75. The van der Waals surface area contributed by atoms with Crippen molar-refractivity contribution in [3.05, 3.63) is 41.6 Å². The van der Waals surface area contributed by atoms with Gasteiger partial charge in [-0.1, -0.05) is 30.3 Å². The van der Waals surface area contributed by atoms with E-state index in [2.05, 4.69) is 21.3 Å². The Balaban J connectivity index is 1.42. The van der Waals surface area contributed by atoms with Crippen LogP contribution < -0.4 is 15.2 Å². The predicted molar refractivity (Wildman–Crippen MR) is 114 cm³/mol. The number of aromatic nitrogens is 2. The van der Waals surface area contributed by atoms with E-state index in [-0.39, 0.29) is 12.1 Å². The van der Waals surface area contributed by atoms with E-state index in [0.29, 0.717) is 12.2 Å². The first-order chi connectivity index (χ1) is 14.6. The molecule has 1 unspecified atom stereocenters. The van der Waals surface area contributed by atoms with E-state index in [9.17, 15) is 14.6 Å². The average molecular weight is 425 g/mol. The van der Waals surface area contributed by atoms with Crippen LogP contribution in [0, 0.1) is 11.3 Å². The van der Waals surface area contributed by atoms with E-state index in [0.717, 1.165) is 66.7 Å². The summed E-state index contributed by atoms with van der Waals surface area (Å²) in [6, 6.07) is 12.6. The van der Waals surface area contributed by atoms with Gasteiger partial charge in [-0.3, -0.25) is 9.11 Å². The molecule has 156 valence electrons. The fourth-order valence-corrected chi connectivity index (χ4v) is 5.85. The average Bonchev–Trinajstić information content (AvgIpc) is 3.47. The number of nitrogens with one attached hydrogen (secondary N) is 2. The summed E-state index contributed by atoms with van der Waals surface area (Å²) < 4.78 is 12.5. The molecule has 1 atom stereocenters. The maximum Gasteiger partial charge on any atom is 0.347 e. The van der Waals surface area contributed by atoms with Crippen molar-refractivity contribution in [1.82, 2.24) is 4.98 Å². The first-order valence-electron chi connectivity index (χ1n) is 10.5. The largest absolute Gasteiger partial charge is 0.393 e. The summed E-state index contributed by atoms with van der Waals surface area (Å²) in [5.41, 5.74) is 1.18. The second-order valence-corrected chi connectivity index (χ2v) is 10.1. The van der Waals surface area contributed by atoms with Crippen molar-refractivity contribution in [2.24, 2.45) is 0 Å². The van der Waals surface area contributed by atoms with Crippen molar-refractivity contribution in [3.63, 3.8) is 0 Å². The number of H-pyrrole nitrogens is 1. The lowest BCUT2D eigenvalue weighted by Gasteiger charge is -2.35. The number of aromatic amines is 1. The molecule has 1 aromatic carbocycles. The van der Waals surface area contributed by atoms with Gasteiger partial charge in [0.25, 0.3) is 0 Å². The summed E-state index contributed by atoms with van der Waals surface area (Å²) in [7, 11) is -1.07. The molecule has 5 rings (SSSR count). The smallest absolute Gasteiger partial charge is 0.347 e. The molecule has 1 saturated carbocycles. The number of nitriles is 1. The minimum Gasteiger partial charge on any atom is -0.393 e. The molecule has 0 amide bonds. The van der Waals surface area contributed by atoms with Crippen LogP contribution in [0.4, 0.5) is 11.8 Å². The highest BCUT2D eigenvalue weighted by Gasteiger charge is 2.47. The first kappa shape index (κ1) is 19.5. The number of aliphatic hydroxyl groups is 1. The van der Waals surface area contributed by atoms with E-state index in [1.807, 2.05) is 30.3 Å². The summed E-state index contributed by atoms with van der Waals surface area (Å²) in [6.45, 7) is 1.50. The third-order valence-corrected chi connectivity index (χ3v) is 8.19. The highest BCUT2D eigenvalue weighted by Crippen LogP contribution is 2.40. The van der Waals surface area contributed by atoms with Crippen LogP contribution in [-0.2, 0) is 22.6 Å². The predicted octanol–water partition coefficient (Wildman–Crippen LogP) is 1.56. The molecule has 7 nitrogen and oxygen atoms in total. The van der Waals surface area contributed by atoms with Gasteiger partial charge in [0.05, 0.1) is 47.5 Å². The maximum atomic E-state index is 12.5. The van der Waals surface area contributed by atoms with E-state index in [4.69, 9.17) is 4.98 Å². The minimum atomic E-state index is -1.07. The van der Waals surface area contributed by atoms with E-state index in [1.165, 1.54) is 0 Å². The molecule has 0 bridgehead atoms. The van der Waals surface area contributed by atoms with Gasteiger partial charge in [-0.25, -0.2) is 4.98 Å². The molecule has 8 heteroatoms. The number of nitrogens with zero attached hydrogens (tertiary/aromatic N) is 3. The Hall–Kier alpha value is -2.50. The fraction of sp³-hybridized carbons (Fsp3) is 0.500. The Morgan fingerprint density at radius 3 is 2.60 bits per heavy atom. The van der Waals surface area contributed by atoms with Crippen LogP contribution in [0.25, 0.3) is 0 Å². The number of hydrogen-bond acceptors (Lipinski definition) is 6. The summed E-state index contributed by atoms with van der Waals surface area (Å²) in [5.74, 6) is 2.08. The standard InChI is InChI=1S/C22H25N5O2S/c23-14-21(16-4-2-1-3-5-16)9-11-27(12-10-21)20-24-17-6-13-30(29)18(17)19(25-20)26-22(15-28)7-8-22/h1-5,28H,6-13,15H2,(H,24,25,26)/p+1. The van der Waals surface area contributed by atoms with Crippen LogP contribution in [0.2, 0.25) is 0 Å². The first-order valence-corrected chi connectivity index (χ1v) is 11.9. The van der Waals surface area contributed by atoms with Crippen LogP contribution in [0.3, 0.4) is 0 Å². The molecule has 30 heavy (non-hydrogen) atoms. The molecular weight excluding hydrogens is 398 g/mol. The molecule has 3 N–H and O–H groups in total. The monoisotopic (exact) mass is 424 g/mol. The highest BCUT2D eigenvalue weighted by molar-refractivity contribution is 7.85. The third kappa shape index (κ3) is 3.26. The SMILES string of the molecule is N#CC1(c2ccccc2)CCN(c2nc3c(c(NC4(CO)CC4)[nH+]2)S(=O)CC3)CC1. The Morgan fingerprint density at radius 2 is 1.97 bits per heavy atom. The topological polar surface area (TPSA) is 103 Å². The number of piperidine rings is 1. The summed E-state index contributed by atoms with van der Waals surface area (Å²) in [4.78, 5) is 11.1. The van der Waals surface area contributed by atoms with Crippen LogP contribution in [0.15, 0.2) is 35.2 Å². The summed E-state index contributed by atoms with van der Waals surface area (Å²) in [6.07, 6.45) is 3.97. The molecule has 1 aromatic heterocycles. The van der Waals surface area contributed by atoms with E-state index >= 15 is 0 Å². The molecule has 0 spiro atoms. The minimum absolute atomic E-state index is 0.0609. The normalized spacial score (nSPS) is 23.5. The third-order valence-electron chi connectivity index (χ3n) is 6.72. The van der Waals surface area contributed by atoms with Crippen LogP contribution in [-0.4, -0.2) is 45.3 Å². The summed E-state index contributed by atoms with van der Waals surface area (Å²) in [5, 5.41) is 23.1. The van der Waals surface area contributed by atoms with Gasteiger partial charge in [0.1, 0.15) is 10.6 Å². The quantitative estimate of drug-likeness (QED) is 0.755. The van der Waals surface area contributed by atoms with Crippen molar-refractivity contribution in [2.45, 2.75) is 48.0 Å². The number of rotatable bonds is 5. The number of aliphatic hydroxyl groups excluding tert-OH is 1. The van der Waals surface area contributed by atoms with Crippen molar-refractivity contribution in [1.29, 1.82) is 5.26 Å². The molecule has 1 saturated heterocycles. The Bertz CT molecular complexity index is 1020. The van der Waals surface area contributed by atoms with Crippen molar-refractivity contribution in [2.75, 3.05) is 35.7 Å². The van der Waals surface area contributed by atoms with E-state index < -0.39 is 16.2 Å². The van der Waals surface area contributed by atoms with Gasteiger partial charge >= 0.3 is 5.95 Å². The lowest BCUT2D eigenvalue weighted by molar-refractivity contribution is -0.355. The van der Waals surface area contributed by atoms with Crippen molar-refractivity contribution in [3.8, 4) is 6.07 Å². The van der Waals surface area contributed by atoms with Crippen molar-refractivity contribution >= 4 is 22.6 Å². The second-order valence-electron chi connectivity index (χ2n) is 8.62. The molecular formula is C22H26N5O2S+. The number of anilines is 2. The molecule has 2 fully saturated rings. The molecule has 0 radical (unpaired) electrons. The van der Waals surface area contributed by atoms with E-state index in [1.54, 1.807) is 0 Å². The van der Waals surface area contributed by atoms with Crippen LogP contribution >= 0.6 is 0 Å².